The molecule has 1 aromatic carbocycles. The van der Waals surface area contributed by atoms with E-state index >= 15 is 0 Å². The third kappa shape index (κ3) is 3.48. The Hall–Kier alpha value is -2.50. The maximum atomic E-state index is 13.0. The number of likely N-dealkylation sites (tertiary alicyclic amines) is 1. The average molecular weight is 344 g/mol. The van der Waals surface area contributed by atoms with Crippen LogP contribution in [0.5, 0.6) is 11.5 Å². The number of aromatic nitrogens is 1. The summed E-state index contributed by atoms with van der Waals surface area (Å²) in [6, 6.07) is 7.20. The van der Waals surface area contributed by atoms with E-state index in [0.29, 0.717) is 23.6 Å². The van der Waals surface area contributed by atoms with E-state index in [0.717, 1.165) is 37.1 Å². The largest absolute Gasteiger partial charge is 0.493 e. The molecule has 6 nitrogen and oxygen atoms in total. The van der Waals surface area contributed by atoms with Gasteiger partial charge in [0.15, 0.2) is 11.5 Å². The van der Waals surface area contributed by atoms with E-state index in [1.807, 2.05) is 11.0 Å². The molecule has 0 spiro atoms. The first-order chi connectivity index (χ1) is 12.2. The van der Waals surface area contributed by atoms with Crippen molar-refractivity contribution in [2.75, 3.05) is 20.8 Å². The van der Waals surface area contributed by atoms with Gasteiger partial charge in [-0.1, -0.05) is 12.1 Å². The van der Waals surface area contributed by atoms with E-state index in [1.165, 1.54) is 0 Å². The van der Waals surface area contributed by atoms with Crippen LogP contribution in [0, 0.1) is 0 Å². The molecule has 1 atom stereocenters. The first-order valence-electron chi connectivity index (χ1n) is 8.66. The number of benzene rings is 1. The van der Waals surface area contributed by atoms with Crippen LogP contribution in [-0.4, -0.2) is 36.7 Å². The number of aryl methyl sites for hydroxylation is 1. The minimum absolute atomic E-state index is 0.0245. The molecule has 0 aliphatic carbocycles. The highest BCUT2D eigenvalue weighted by Gasteiger charge is 2.33. The Kier molecular flexibility index (Phi) is 5.26. The zero-order chi connectivity index (χ0) is 17.8. The zero-order valence-electron chi connectivity index (χ0n) is 14.9. The molecular weight excluding hydrogens is 320 g/mol. The highest BCUT2D eigenvalue weighted by atomic mass is 16.5. The quantitative estimate of drug-likeness (QED) is 0.801. The second kappa shape index (κ2) is 7.59. The molecular formula is C19H24N2O4. The van der Waals surface area contributed by atoms with Gasteiger partial charge in [-0.3, -0.25) is 4.79 Å². The van der Waals surface area contributed by atoms with E-state index in [4.69, 9.17) is 14.0 Å². The topological polar surface area (TPSA) is 64.8 Å². The SMILES string of the molecule is CCCc1cc([C@H]2CCCN2C(=O)c2ccc(OC)c(OC)c2)no1. The molecule has 2 aromatic rings. The monoisotopic (exact) mass is 344 g/mol. The number of carbonyl (C=O) groups excluding carboxylic acids is 1. The fourth-order valence-corrected chi connectivity index (χ4v) is 3.30. The van der Waals surface area contributed by atoms with Gasteiger partial charge in [-0.25, -0.2) is 0 Å². The Balaban J connectivity index is 1.82. The summed E-state index contributed by atoms with van der Waals surface area (Å²) in [5, 5.41) is 4.19. The third-order valence-electron chi connectivity index (χ3n) is 4.56. The Labute approximate surface area is 147 Å². The van der Waals surface area contributed by atoms with Crippen molar-refractivity contribution in [3.63, 3.8) is 0 Å². The highest BCUT2D eigenvalue weighted by Crippen LogP contribution is 2.34. The number of rotatable bonds is 6. The summed E-state index contributed by atoms with van der Waals surface area (Å²) >= 11 is 0. The van der Waals surface area contributed by atoms with Crippen molar-refractivity contribution >= 4 is 5.91 Å². The number of amides is 1. The molecule has 0 bridgehead atoms. The molecule has 134 valence electrons. The van der Waals surface area contributed by atoms with Crippen molar-refractivity contribution < 1.29 is 18.8 Å². The Bertz CT molecular complexity index is 741. The van der Waals surface area contributed by atoms with Crippen molar-refractivity contribution in [3.8, 4) is 11.5 Å². The highest BCUT2D eigenvalue weighted by molar-refractivity contribution is 5.95. The smallest absolute Gasteiger partial charge is 0.254 e. The Morgan fingerprint density at radius 2 is 2.08 bits per heavy atom. The predicted molar refractivity (Wildman–Crippen MR) is 93.1 cm³/mol. The van der Waals surface area contributed by atoms with Crippen LogP contribution in [0.4, 0.5) is 0 Å². The van der Waals surface area contributed by atoms with E-state index < -0.39 is 0 Å². The fraction of sp³-hybridized carbons (Fsp3) is 0.474. The van der Waals surface area contributed by atoms with Gasteiger partial charge >= 0.3 is 0 Å². The first kappa shape index (κ1) is 17.3. The maximum absolute atomic E-state index is 13.0. The molecule has 1 aromatic heterocycles. The number of hydrogen-bond donors (Lipinski definition) is 0. The lowest BCUT2D eigenvalue weighted by Gasteiger charge is -2.23. The summed E-state index contributed by atoms with van der Waals surface area (Å²) in [5.74, 6) is 2.01. The van der Waals surface area contributed by atoms with Crippen LogP contribution in [0.3, 0.4) is 0 Å². The van der Waals surface area contributed by atoms with Crippen LogP contribution < -0.4 is 9.47 Å². The van der Waals surface area contributed by atoms with Crippen LogP contribution >= 0.6 is 0 Å². The van der Waals surface area contributed by atoms with Crippen LogP contribution in [-0.2, 0) is 6.42 Å². The van der Waals surface area contributed by atoms with E-state index in [-0.39, 0.29) is 11.9 Å². The van der Waals surface area contributed by atoms with Gasteiger partial charge in [0, 0.05) is 24.6 Å². The average Bonchev–Trinajstić information content (AvgIpc) is 3.29. The van der Waals surface area contributed by atoms with E-state index in [2.05, 4.69) is 12.1 Å². The molecule has 0 unspecified atom stereocenters. The Morgan fingerprint density at radius 1 is 1.28 bits per heavy atom. The lowest BCUT2D eigenvalue weighted by Crippen LogP contribution is -2.30. The van der Waals surface area contributed by atoms with Crippen LogP contribution in [0.2, 0.25) is 0 Å². The van der Waals surface area contributed by atoms with Crippen molar-refractivity contribution in [3.05, 3.63) is 41.3 Å². The van der Waals surface area contributed by atoms with Crippen molar-refractivity contribution in [2.45, 2.75) is 38.6 Å². The van der Waals surface area contributed by atoms with Crippen molar-refractivity contribution in [1.29, 1.82) is 0 Å². The van der Waals surface area contributed by atoms with Gasteiger partial charge in [-0.05, 0) is 37.5 Å². The van der Waals surface area contributed by atoms with Gasteiger partial charge in [0.05, 0.1) is 20.3 Å². The van der Waals surface area contributed by atoms with Gasteiger partial charge in [0.2, 0.25) is 0 Å². The number of hydrogen-bond acceptors (Lipinski definition) is 5. The number of carbonyl (C=O) groups is 1. The second-order valence-electron chi connectivity index (χ2n) is 6.19. The van der Waals surface area contributed by atoms with Gasteiger partial charge in [-0.15, -0.1) is 0 Å². The van der Waals surface area contributed by atoms with Gasteiger partial charge < -0.3 is 18.9 Å². The molecule has 1 aliphatic rings. The molecule has 6 heteroatoms. The molecule has 1 aliphatic heterocycles. The molecule has 0 N–H and O–H groups in total. The summed E-state index contributed by atoms with van der Waals surface area (Å²) in [6.07, 6.45) is 3.73. The zero-order valence-corrected chi connectivity index (χ0v) is 14.9. The van der Waals surface area contributed by atoms with Gasteiger partial charge in [0.1, 0.15) is 11.5 Å². The first-order valence-corrected chi connectivity index (χ1v) is 8.66. The molecule has 0 radical (unpaired) electrons. The number of nitrogens with zero attached hydrogens (tertiary/aromatic N) is 2. The summed E-state index contributed by atoms with van der Waals surface area (Å²) in [6.45, 7) is 2.82. The molecule has 3 rings (SSSR count). The van der Waals surface area contributed by atoms with Crippen molar-refractivity contribution in [2.24, 2.45) is 0 Å². The van der Waals surface area contributed by atoms with Crippen molar-refractivity contribution in [1.82, 2.24) is 10.1 Å². The lowest BCUT2D eigenvalue weighted by molar-refractivity contribution is 0.0730. The molecule has 25 heavy (non-hydrogen) atoms. The predicted octanol–water partition coefficient (Wildman–Crippen LogP) is 3.62. The summed E-state index contributed by atoms with van der Waals surface area (Å²) in [7, 11) is 3.14. The van der Waals surface area contributed by atoms with Crippen LogP contribution in [0.1, 0.15) is 54.0 Å². The van der Waals surface area contributed by atoms with E-state index in [1.54, 1.807) is 32.4 Å². The number of methoxy groups -OCH3 is 2. The minimum Gasteiger partial charge on any atom is -0.493 e. The molecule has 2 heterocycles. The normalized spacial score (nSPS) is 16.9. The van der Waals surface area contributed by atoms with Crippen LogP contribution in [0.15, 0.2) is 28.8 Å². The molecule has 1 fully saturated rings. The maximum Gasteiger partial charge on any atom is 0.254 e. The Morgan fingerprint density at radius 3 is 2.80 bits per heavy atom. The molecule has 0 saturated carbocycles. The fourth-order valence-electron chi connectivity index (χ4n) is 3.30. The van der Waals surface area contributed by atoms with Gasteiger partial charge in [0.25, 0.3) is 5.91 Å². The van der Waals surface area contributed by atoms with Crippen LogP contribution in [0.25, 0.3) is 0 Å². The van der Waals surface area contributed by atoms with E-state index in [9.17, 15) is 4.79 Å². The third-order valence-corrected chi connectivity index (χ3v) is 4.56. The lowest BCUT2D eigenvalue weighted by atomic mass is 10.1. The summed E-state index contributed by atoms with van der Waals surface area (Å²) in [5.41, 5.74) is 1.43. The minimum atomic E-state index is -0.0325. The molecule has 1 amide bonds. The summed E-state index contributed by atoms with van der Waals surface area (Å²) in [4.78, 5) is 14.9. The number of ether oxygens (including phenoxy) is 2. The van der Waals surface area contributed by atoms with Gasteiger partial charge in [-0.2, -0.15) is 0 Å². The standard InChI is InChI=1S/C19H24N2O4/c1-4-6-14-12-15(20-25-14)16-7-5-10-21(16)19(22)13-8-9-17(23-2)18(11-13)24-3/h8-9,11-12,16H,4-7,10H2,1-3H3/t16-/m1/s1. The summed E-state index contributed by atoms with van der Waals surface area (Å²) < 4.78 is 15.9. The second-order valence-corrected chi connectivity index (χ2v) is 6.19. The molecule has 1 saturated heterocycles.